The molecule has 0 fully saturated rings. The van der Waals surface area contributed by atoms with Gasteiger partial charge in [0.1, 0.15) is 11.8 Å². The van der Waals surface area contributed by atoms with Crippen molar-refractivity contribution in [2.45, 2.75) is 29.6 Å². The van der Waals surface area contributed by atoms with Crippen molar-refractivity contribution in [3.8, 4) is 17.7 Å². The van der Waals surface area contributed by atoms with Gasteiger partial charge in [-0.05, 0) is 74.4 Å². The first-order valence-electron chi connectivity index (χ1n) is 13.3. The highest BCUT2D eigenvalue weighted by Gasteiger charge is 2.34. The number of ether oxygens (including phenoxy) is 1. The average molecular weight is 685 g/mol. The molecule has 2 heterocycles. The number of nitrogens with one attached hydrogen (secondary N) is 1. The first kappa shape index (κ1) is 34.3. The predicted octanol–water partition coefficient (Wildman–Crippen LogP) is 1.56. The van der Waals surface area contributed by atoms with Crippen molar-refractivity contribution in [1.29, 1.82) is 0 Å². The largest absolute Gasteiger partial charge is 0.462 e. The first-order chi connectivity index (χ1) is 22.2. The second kappa shape index (κ2) is 13.8. The maximum absolute atomic E-state index is 13.3. The third-order valence-electron chi connectivity index (χ3n) is 6.46. The summed E-state index contributed by atoms with van der Waals surface area (Å²) in [6.45, 7) is 1.59. The van der Waals surface area contributed by atoms with Gasteiger partial charge in [-0.15, -0.1) is 0 Å². The summed E-state index contributed by atoms with van der Waals surface area (Å²) in [6.07, 6.45) is 5.72. The number of aromatic amines is 1. The zero-order valence-corrected chi connectivity index (χ0v) is 25.8. The van der Waals surface area contributed by atoms with Gasteiger partial charge in [0.15, 0.2) is 5.71 Å². The van der Waals surface area contributed by atoms with Gasteiger partial charge in [-0.1, -0.05) is 12.2 Å². The fourth-order valence-corrected chi connectivity index (χ4v) is 5.25. The van der Waals surface area contributed by atoms with Gasteiger partial charge >= 0.3 is 5.97 Å². The fraction of sp³-hybridized carbons (Fsp3) is 0.138. The molecule has 1 aliphatic rings. The number of carbonyl (C=O) groups excluding carboxylic acids is 3. The Hall–Kier alpha value is -5.61. The number of hydrogen-bond acceptors (Lipinski definition) is 11. The highest BCUT2D eigenvalue weighted by Crippen LogP contribution is 2.25. The summed E-state index contributed by atoms with van der Waals surface area (Å²) in [6, 6.07) is 9.05. The Kier molecular flexibility index (Phi) is 10.1. The highest BCUT2D eigenvalue weighted by molar-refractivity contribution is 7.86. The minimum absolute atomic E-state index is 0.00466. The minimum Gasteiger partial charge on any atom is -0.462 e. The Morgan fingerprint density at radius 2 is 1.53 bits per heavy atom. The maximum Gasteiger partial charge on any atom is 0.356 e. The SMILES string of the molecule is CCOC(=O)c1[nH]n(-c2ccc(S(=O)(=O)O)cc2)c(=O)c1CCC=C/C=C1\C(=O)N(c2ccc(S(=O)(=O)O)cc2)N=C1C(=O)C#CO. The lowest BCUT2D eigenvalue weighted by Crippen LogP contribution is -2.22. The molecule has 0 aliphatic carbocycles. The second-order valence-corrected chi connectivity index (χ2v) is 12.3. The van der Waals surface area contributed by atoms with Crippen LogP contribution in [0.1, 0.15) is 29.4 Å². The van der Waals surface area contributed by atoms with Crippen molar-refractivity contribution in [2.75, 3.05) is 11.6 Å². The number of rotatable bonds is 11. The fourth-order valence-electron chi connectivity index (χ4n) is 4.29. The van der Waals surface area contributed by atoms with Crippen LogP contribution in [-0.2, 0) is 41.0 Å². The van der Waals surface area contributed by atoms with Crippen molar-refractivity contribution < 1.29 is 50.2 Å². The van der Waals surface area contributed by atoms with E-state index in [1.165, 1.54) is 48.6 Å². The van der Waals surface area contributed by atoms with Crippen LogP contribution in [0.2, 0.25) is 0 Å². The van der Waals surface area contributed by atoms with Gasteiger partial charge in [0.2, 0.25) is 0 Å². The number of ketones is 1. The summed E-state index contributed by atoms with van der Waals surface area (Å²) >= 11 is 0. The summed E-state index contributed by atoms with van der Waals surface area (Å²) < 4.78 is 69.9. The van der Waals surface area contributed by atoms with Crippen LogP contribution in [0.25, 0.3) is 5.69 Å². The van der Waals surface area contributed by atoms with Gasteiger partial charge < -0.3 is 9.84 Å². The van der Waals surface area contributed by atoms with Crippen LogP contribution in [0, 0.1) is 12.0 Å². The summed E-state index contributed by atoms with van der Waals surface area (Å²) in [5, 5.41) is 16.3. The van der Waals surface area contributed by atoms with E-state index in [1.807, 2.05) is 5.92 Å². The number of benzene rings is 2. The molecule has 0 bridgehead atoms. The van der Waals surface area contributed by atoms with E-state index >= 15 is 0 Å². The van der Waals surface area contributed by atoms with Crippen molar-refractivity contribution in [2.24, 2.45) is 5.10 Å². The molecule has 244 valence electrons. The van der Waals surface area contributed by atoms with Crippen molar-refractivity contribution in [1.82, 2.24) is 9.78 Å². The van der Waals surface area contributed by atoms with Crippen LogP contribution in [0.5, 0.6) is 0 Å². The molecule has 0 unspecified atom stereocenters. The van der Waals surface area contributed by atoms with E-state index in [9.17, 15) is 45.1 Å². The molecule has 0 atom stereocenters. The van der Waals surface area contributed by atoms with Crippen molar-refractivity contribution >= 4 is 49.3 Å². The quantitative estimate of drug-likeness (QED) is 0.0973. The second-order valence-electron chi connectivity index (χ2n) is 9.44. The molecule has 1 amide bonds. The molecule has 3 aromatic rings. The number of nitrogens with zero attached hydrogens (tertiary/aromatic N) is 3. The van der Waals surface area contributed by atoms with Gasteiger partial charge in [0.25, 0.3) is 37.5 Å². The van der Waals surface area contributed by atoms with Gasteiger partial charge in [-0.25, -0.2) is 9.48 Å². The van der Waals surface area contributed by atoms with Crippen LogP contribution < -0.4 is 10.6 Å². The molecule has 0 saturated heterocycles. The van der Waals surface area contributed by atoms with Crippen molar-refractivity contribution in [3.05, 3.63) is 93.9 Å². The molecule has 18 heteroatoms. The molecule has 4 rings (SSSR count). The van der Waals surface area contributed by atoms with E-state index < -0.39 is 59.0 Å². The monoisotopic (exact) mass is 684 g/mol. The number of aliphatic hydroxyl groups excluding tert-OH is 1. The molecule has 1 aliphatic heterocycles. The number of allylic oxidation sites excluding steroid dienone is 3. The molecule has 1 aromatic heterocycles. The van der Waals surface area contributed by atoms with Gasteiger partial charge in [-0.2, -0.15) is 26.9 Å². The van der Waals surface area contributed by atoms with E-state index in [-0.39, 0.29) is 47.7 Å². The van der Waals surface area contributed by atoms with Crippen LogP contribution in [0.4, 0.5) is 5.69 Å². The number of hydrazone groups is 1. The minimum atomic E-state index is -4.51. The summed E-state index contributed by atoms with van der Waals surface area (Å²) in [4.78, 5) is 50.7. The van der Waals surface area contributed by atoms with Crippen LogP contribution in [-0.4, -0.2) is 70.8 Å². The molecule has 0 radical (unpaired) electrons. The Morgan fingerprint density at radius 3 is 2.06 bits per heavy atom. The van der Waals surface area contributed by atoms with Crippen LogP contribution in [0.3, 0.4) is 0 Å². The Morgan fingerprint density at radius 1 is 0.957 bits per heavy atom. The predicted molar refractivity (Wildman–Crippen MR) is 164 cm³/mol. The number of anilines is 1. The lowest BCUT2D eigenvalue weighted by atomic mass is 10.1. The number of aliphatic hydroxyl groups is 1. The molecule has 2 aromatic carbocycles. The molecular formula is C29H24N4O12S2. The molecule has 4 N–H and O–H groups in total. The highest BCUT2D eigenvalue weighted by atomic mass is 32.2. The molecule has 16 nitrogen and oxygen atoms in total. The summed E-state index contributed by atoms with van der Waals surface area (Å²) in [7, 11) is -8.98. The van der Waals surface area contributed by atoms with Crippen molar-refractivity contribution in [3.63, 3.8) is 0 Å². The third kappa shape index (κ3) is 7.62. The van der Waals surface area contributed by atoms with Crippen LogP contribution >= 0.6 is 0 Å². The molecular weight excluding hydrogens is 660 g/mol. The third-order valence-corrected chi connectivity index (χ3v) is 8.20. The molecule has 0 saturated carbocycles. The average Bonchev–Trinajstić information content (AvgIpc) is 3.52. The number of esters is 1. The van der Waals surface area contributed by atoms with E-state index in [2.05, 4.69) is 10.2 Å². The lowest BCUT2D eigenvalue weighted by Gasteiger charge is -2.11. The number of amides is 1. The Labute approximate surface area is 266 Å². The van der Waals surface area contributed by atoms with E-state index in [0.29, 0.717) is 0 Å². The number of aromatic nitrogens is 2. The van der Waals surface area contributed by atoms with E-state index in [0.717, 1.165) is 34.0 Å². The summed E-state index contributed by atoms with van der Waals surface area (Å²) in [5.41, 5.74) is -1.17. The number of hydrogen-bond donors (Lipinski definition) is 4. The Balaban J connectivity index is 1.59. The first-order valence-corrected chi connectivity index (χ1v) is 16.2. The Bertz CT molecular complexity index is 2180. The summed E-state index contributed by atoms with van der Waals surface area (Å²) in [5.74, 6) is -0.728. The topological polar surface area (TPSA) is 243 Å². The van der Waals surface area contributed by atoms with E-state index in [1.54, 1.807) is 6.92 Å². The normalized spacial score (nSPS) is 14.3. The maximum atomic E-state index is 13.3. The number of Topliss-reactive ketones (excluding diaryl/α,β-unsaturated/α-hetero) is 1. The molecule has 0 spiro atoms. The smallest absolute Gasteiger partial charge is 0.356 e. The van der Waals surface area contributed by atoms with E-state index in [4.69, 9.17) is 9.84 Å². The van der Waals surface area contributed by atoms with Crippen LogP contribution in [0.15, 0.2) is 92.0 Å². The zero-order chi connectivity index (χ0) is 34.5. The van der Waals surface area contributed by atoms with Gasteiger partial charge in [0, 0.05) is 5.92 Å². The molecule has 47 heavy (non-hydrogen) atoms. The van der Waals surface area contributed by atoms with Gasteiger partial charge in [0.05, 0.1) is 38.9 Å². The number of H-pyrrole nitrogens is 1. The number of carbonyl (C=O) groups is 3. The zero-order valence-electron chi connectivity index (χ0n) is 24.1. The lowest BCUT2D eigenvalue weighted by molar-refractivity contribution is -0.114. The van der Waals surface area contributed by atoms with Gasteiger partial charge in [-0.3, -0.25) is 28.6 Å². The standard InChI is InChI=1S/C29H24N4O12S2/c1-2-45-29(38)26-23(28(37)33(31-26)19-10-14-21(15-11-19)47(42,43)44)7-5-3-4-6-22-25(24(35)16-17-34)30-32(27(22)36)18-8-12-20(13-9-18)46(39,40)41/h3-4,6,8-15,31,34H,2,5,7H2,1H3,(H,39,40,41)(H,42,43,44)/b4-3?,22-6-.